The number of hydrogen-bond donors (Lipinski definition) is 0. The normalized spacial score (nSPS) is 11.1. The molecule has 0 aliphatic rings. The van der Waals surface area contributed by atoms with Gasteiger partial charge in [-0.1, -0.05) is 45.4 Å². The lowest BCUT2D eigenvalue weighted by atomic mass is 10.1. The first-order chi connectivity index (χ1) is 18.2. The maximum atomic E-state index is 5.98. The average Bonchev–Trinajstić information content (AvgIpc) is 3.37. The summed E-state index contributed by atoms with van der Waals surface area (Å²) in [6.45, 7) is 10.6. The fourth-order valence-corrected chi connectivity index (χ4v) is 4.33. The molecule has 1 aromatic heterocycles. The van der Waals surface area contributed by atoms with Crippen molar-refractivity contribution < 1.29 is 9.47 Å². The number of nitrogens with zero attached hydrogens (tertiary/aromatic N) is 3. The first-order valence-corrected chi connectivity index (χ1v) is 13.6. The Kier molecular flexibility index (Phi) is 9.78. The Balaban J connectivity index is 1.45. The van der Waals surface area contributed by atoms with E-state index in [0.717, 1.165) is 91.9 Å². The molecule has 0 aliphatic heterocycles. The van der Waals surface area contributed by atoms with Gasteiger partial charge >= 0.3 is 0 Å². The van der Waals surface area contributed by atoms with E-state index in [9.17, 15) is 0 Å². The first kappa shape index (κ1) is 26.5. The Labute approximate surface area is 221 Å². The number of aromatic nitrogens is 2. The monoisotopic (exact) mass is 497 g/mol. The van der Waals surface area contributed by atoms with Gasteiger partial charge in [0.15, 0.2) is 0 Å². The van der Waals surface area contributed by atoms with Crippen LogP contribution in [0.5, 0.6) is 17.2 Å². The van der Waals surface area contributed by atoms with Gasteiger partial charge in [-0.05, 0) is 86.6 Å². The molecule has 0 atom stereocenters. The van der Waals surface area contributed by atoms with Crippen LogP contribution in [0.4, 0.5) is 0 Å². The van der Waals surface area contributed by atoms with Crippen molar-refractivity contribution in [2.45, 2.75) is 46.5 Å². The third-order valence-corrected chi connectivity index (χ3v) is 6.56. The van der Waals surface area contributed by atoms with Crippen LogP contribution in [0.2, 0.25) is 0 Å². The first-order valence-electron chi connectivity index (χ1n) is 13.6. The Bertz CT molecular complexity index is 1200. The van der Waals surface area contributed by atoms with E-state index in [1.807, 2.05) is 54.6 Å². The molecule has 0 unspecified atom stereocenters. The molecule has 0 saturated heterocycles. The van der Waals surface area contributed by atoms with Gasteiger partial charge in [0.25, 0.3) is 0 Å². The second-order valence-corrected chi connectivity index (χ2v) is 9.18. The molecule has 0 fully saturated rings. The van der Waals surface area contributed by atoms with Crippen LogP contribution in [0.3, 0.4) is 0 Å². The van der Waals surface area contributed by atoms with E-state index in [1.54, 1.807) is 0 Å². The summed E-state index contributed by atoms with van der Waals surface area (Å²) in [5, 5.41) is 0. The SMILES string of the molecule is CCCCc1nc(-c2ccc(OCCCN(CC)CC)cc2)cn1-c1ccc(Oc2ccccc2)cc1. The van der Waals surface area contributed by atoms with Crippen LogP contribution in [-0.4, -0.2) is 40.7 Å². The van der Waals surface area contributed by atoms with E-state index in [2.05, 4.69) is 60.7 Å². The highest BCUT2D eigenvalue weighted by molar-refractivity contribution is 5.61. The van der Waals surface area contributed by atoms with Crippen molar-refractivity contribution in [2.24, 2.45) is 0 Å². The number of benzene rings is 3. The standard InChI is InChI=1S/C32H39N3O2/c1-4-7-14-32-33-31(26-15-19-28(20-16-26)36-24-11-23-34(5-2)6-3)25-35(32)27-17-21-30(22-18-27)37-29-12-9-8-10-13-29/h8-10,12-13,15-22,25H,4-7,11,14,23-24H2,1-3H3. The van der Waals surface area contributed by atoms with Gasteiger partial charge in [0.1, 0.15) is 23.1 Å². The molecule has 0 aliphatic carbocycles. The van der Waals surface area contributed by atoms with Crippen molar-refractivity contribution in [1.82, 2.24) is 14.5 Å². The second-order valence-electron chi connectivity index (χ2n) is 9.18. The average molecular weight is 498 g/mol. The minimum Gasteiger partial charge on any atom is -0.494 e. The Morgan fingerprint density at radius 3 is 2.11 bits per heavy atom. The minimum absolute atomic E-state index is 0.732. The molecular weight excluding hydrogens is 458 g/mol. The molecule has 0 amide bonds. The molecule has 0 N–H and O–H groups in total. The molecule has 1 heterocycles. The molecule has 0 saturated carbocycles. The fraction of sp³-hybridized carbons (Fsp3) is 0.344. The summed E-state index contributed by atoms with van der Waals surface area (Å²) in [4.78, 5) is 7.43. The molecule has 194 valence electrons. The number of imidazole rings is 1. The number of aryl methyl sites for hydroxylation is 1. The van der Waals surface area contributed by atoms with Crippen molar-refractivity contribution in [3.8, 4) is 34.2 Å². The van der Waals surface area contributed by atoms with E-state index in [0.29, 0.717) is 0 Å². The lowest BCUT2D eigenvalue weighted by molar-refractivity contribution is 0.249. The van der Waals surface area contributed by atoms with Gasteiger partial charge in [-0.3, -0.25) is 0 Å². The Morgan fingerprint density at radius 2 is 1.43 bits per heavy atom. The Morgan fingerprint density at radius 1 is 0.757 bits per heavy atom. The van der Waals surface area contributed by atoms with Crippen LogP contribution in [0.25, 0.3) is 16.9 Å². The molecule has 4 aromatic rings. The van der Waals surface area contributed by atoms with Gasteiger partial charge < -0.3 is 18.9 Å². The maximum Gasteiger partial charge on any atom is 0.127 e. The van der Waals surface area contributed by atoms with Crippen LogP contribution >= 0.6 is 0 Å². The van der Waals surface area contributed by atoms with E-state index < -0.39 is 0 Å². The lowest BCUT2D eigenvalue weighted by Crippen LogP contribution is -2.25. The summed E-state index contributed by atoms with van der Waals surface area (Å²) in [6.07, 6.45) is 6.34. The van der Waals surface area contributed by atoms with Gasteiger partial charge in [0, 0.05) is 30.4 Å². The van der Waals surface area contributed by atoms with Crippen LogP contribution < -0.4 is 9.47 Å². The van der Waals surface area contributed by atoms with Crippen molar-refractivity contribution in [3.63, 3.8) is 0 Å². The molecule has 0 spiro atoms. The summed E-state index contributed by atoms with van der Waals surface area (Å²) in [7, 11) is 0. The summed E-state index contributed by atoms with van der Waals surface area (Å²) < 4.78 is 14.1. The van der Waals surface area contributed by atoms with Crippen molar-refractivity contribution in [1.29, 1.82) is 0 Å². The molecule has 0 bridgehead atoms. The predicted molar refractivity (Wildman–Crippen MR) is 152 cm³/mol. The highest BCUT2D eigenvalue weighted by Crippen LogP contribution is 2.27. The zero-order chi connectivity index (χ0) is 25.9. The third kappa shape index (κ3) is 7.46. The van der Waals surface area contributed by atoms with Gasteiger partial charge in [-0.2, -0.15) is 0 Å². The summed E-state index contributed by atoms with van der Waals surface area (Å²) in [6, 6.07) is 26.4. The van der Waals surface area contributed by atoms with E-state index in [4.69, 9.17) is 14.5 Å². The molecule has 4 rings (SSSR count). The highest BCUT2D eigenvalue weighted by Gasteiger charge is 2.12. The predicted octanol–water partition coefficient (Wildman–Crippen LogP) is 7.78. The second kappa shape index (κ2) is 13.7. The fourth-order valence-electron chi connectivity index (χ4n) is 4.33. The zero-order valence-corrected chi connectivity index (χ0v) is 22.4. The third-order valence-electron chi connectivity index (χ3n) is 6.56. The van der Waals surface area contributed by atoms with E-state index >= 15 is 0 Å². The van der Waals surface area contributed by atoms with Crippen LogP contribution in [0.15, 0.2) is 85.1 Å². The molecule has 0 radical (unpaired) electrons. The molecule has 37 heavy (non-hydrogen) atoms. The van der Waals surface area contributed by atoms with Crippen molar-refractivity contribution in [2.75, 3.05) is 26.2 Å². The van der Waals surface area contributed by atoms with Gasteiger partial charge in [0.2, 0.25) is 0 Å². The zero-order valence-electron chi connectivity index (χ0n) is 22.4. The smallest absolute Gasteiger partial charge is 0.127 e. The molecular formula is C32H39N3O2. The van der Waals surface area contributed by atoms with Crippen molar-refractivity contribution >= 4 is 0 Å². The summed E-state index contributed by atoms with van der Waals surface area (Å²) >= 11 is 0. The van der Waals surface area contributed by atoms with Gasteiger partial charge in [-0.15, -0.1) is 0 Å². The van der Waals surface area contributed by atoms with E-state index in [-0.39, 0.29) is 0 Å². The van der Waals surface area contributed by atoms with Crippen LogP contribution in [0.1, 0.15) is 45.9 Å². The minimum atomic E-state index is 0.732. The number of hydrogen-bond acceptors (Lipinski definition) is 4. The quantitative estimate of drug-likeness (QED) is 0.167. The van der Waals surface area contributed by atoms with Gasteiger partial charge in [0.05, 0.1) is 12.3 Å². The van der Waals surface area contributed by atoms with E-state index in [1.165, 1.54) is 0 Å². The van der Waals surface area contributed by atoms with Crippen LogP contribution in [-0.2, 0) is 6.42 Å². The van der Waals surface area contributed by atoms with Gasteiger partial charge in [-0.25, -0.2) is 4.98 Å². The lowest BCUT2D eigenvalue weighted by Gasteiger charge is -2.17. The molecule has 5 heteroatoms. The topological polar surface area (TPSA) is 39.5 Å². The Hall–Kier alpha value is -3.57. The number of unbranched alkanes of at least 4 members (excludes halogenated alkanes) is 1. The number of ether oxygens (including phenoxy) is 2. The van der Waals surface area contributed by atoms with Crippen LogP contribution in [0, 0.1) is 0 Å². The summed E-state index contributed by atoms with van der Waals surface area (Å²) in [5.74, 6) is 3.63. The largest absolute Gasteiger partial charge is 0.494 e. The summed E-state index contributed by atoms with van der Waals surface area (Å²) in [5.41, 5.74) is 3.15. The maximum absolute atomic E-state index is 5.98. The van der Waals surface area contributed by atoms with Crippen molar-refractivity contribution in [3.05, 3.63) is 90.9 Å². The number of para-hydroxylation sites is 1. The number of rotatable bonds is 14. The highest BCUT2D eigenvalue weighted by atomic mass is 16.5. The molecule has 3 aromatic carbocycles. The molecule has 5 nitrogen and oxygen atoms in total.